The third-order valence-corrected chi connectivity index (χ3v) is 5.02. The Morgan fingerprint density at radius 3 is 2.78 bits per heavy atom. The van der Waals surface area contributed by atoms with Crippen LogP contribution in [0.2, 0.25) is 0 Å². The molecule has 1 aromatic carbocycles. The zero-order valence-electron chi connectivity index (χ0n) is 13.9. The highest BCUT2D eigenvalue weighted by Crippen LogP contribution is 2.20. The lowest BCUT2D eigenvalue weighted by molar-refractivity contribution is 0.161. The van der Waals surface area contributed by atoms with E-state index in [1.54, 1.807) is 19.1 Å². The van der Waals surface area contributed by atoms with Crippen LogP contribution >= 0.6 is 0 Å². The number of rotatable bonds is 3. The van der Waals surface area contributed by atoms with Crippen LogP contribution in [0, 0.1) is 12.7 Å². The Labute approximate surface area is 137 Å². The summed E-state index contributed by atoms with van der Waals surface area (Å²) in [7, 11) is 0. The fourth-order valence-electron chi connectivity index (χ4n) is 3.61. The zero-order chi connectivity index (χ0) is 16.2. The highest BCUT2D eigenvalue weighted by atomic mass is 19.1. The summed E-state index contributed by atoms with van der Waals surface area (Å²) in [4.78, 5) is 16.8. The Morgan fingerprint density at radius 2 is 2.04 bits per heavy atom. The quantitative estimate of drug-likeness (QED) is 0.930. The molecule has 2 saturated heterocycles. The Hall–Kier alpha value is -1.62. The van der Waals surface area contributed by atoms with Gasteiger partial charge in [0, 0.05) is 25.7 Å². The van der Waals surface area contributed by atoms with E-state index in [0.29, 0.717) is 18.2 Å². The lowest BCUT2D eigenvalue weighted by Gasteiger charge is -2.32. The fraction of sp³-hybridized carbons (Fsp3) is 0.611. The first-order valence-electron chi connectivity index (χ1n) is 8.65. The number of nitrogens with zero attached hydrogens (tertiary/aromatic N) is 2. The minimum Gasteiger partial charge on any atom is -0.334 e. The molecule has 2 fully saturated rings. The lowest BCUT2D eigenvalue weighted by Crippen LogP contribution is -2.43. The van der Waals surface area contributed by atoms with Crippen molar-refractivity contribution in [2.75, 3.05) is 26.2 Å². The first-order chi connectivity index (χ1) is 11.1. The second kappa shape index (κ2) is 7.30. The molecule has 0 radical (unpaired) electrons. The lowest BCUT2D eigenvalue weighted by atomic mass is 10.1. The molecule has 0 unspecified atom stereocenters. The summed E-state index contributed by atoms with van der Waals surface area (Å²) >= 11 is 0. The standard InChI is InChI=1S/C18H26FN3O/c1-14-11-15(5-6-17(14)19)12-20-18(23)22-10-7-16(13-22)21-8-3-2-4-9-21/h5-6,11,16H,2-4,7-10,12-13H2,1H3,(H,20,23)/t16-/m1/s1. The average Bonchev–Trinajstić information content (AvgIpc) is 3.06. The molecular weight excluding hydrogens is 293 g/mol. The monoisotopic (exact) mass is 319 g/mol. The van der Waals surface area contributed by atoms with Crippen LogP contribution < -0.4 is 5.32 Å². The molecule has 4 nitrogen and oxygen atoms in total. The Bertz CT molecular complexity index is 557. The number of hydrogen-bond acceptors (Lipinski definition) is 2. The van der Waals surface area contributed by atoms with Crippen LogP contribution in [-0.4, -0.2) is 48.1 Å². The van der Waals surface area contributed by atoms with E-state index in [1.165, 1.54) is 38.4 Å². The number of carbonyl (C=O) groups excluding carboxylic acids is 1. The Balaban J connectivity index is 1.48. The molecule has 1 aromatic rings. The fourth-order valence-corrected chi connectivity index (χ4v) is 3.61. The molecule has 0 aromatic heterocycles. The highest BCUT2D eigenvalue weighted by molar-refractivity contribution is 5.74. The van der Waals surface area contributed by atoms with Gasteiger partial charge in [-0.2, -0.15) is 0 Å². The number of carbonyl (C=O) groups is 1. The molecule has 0 aliphatic carbocycles. The van der Waals surface area contributed by atoms with Gasteiger partial charge >= 0.3 is 6.03 Å². The van der Waals surface area contributed by atoms with Crippen molar-refractivity contribution in [3.8, 4) is 0 Å². The summed E-state index contributed by atoms with van der Waals surface area (Å²) in [5.74, 6) is -0.205. The molecule has 1 N–H and O–H groups in total. The topological polar surface area (TPSA) is 35.6 Å². The molecule has 2 aliphatic heterocycles. The minimum absolute atomic E-state index is 0.00788. The van der Waals surface area contributed by atoms with E-state index in [9.17, 15) is 9.18 Å². The summed E-state index contributed by atoms with van der Waals surface area (Å²) in [6.45, 7) is 6.20. The van der Waals surface area contributed by atoms with Gasteiger partial charge in [-0.15, -0.1) is 0 Å². The molecule has 0 bridgehead atoms. The van der Waals surface area contributed by atoms with Crippen molar-refractivity contribution in [2.24, 2.45) is 0 Å². The molecule has 1 atom stereocenters. The van der Waals surface area contributed by atoms with Gasteiger partial charge in [0.2, 0.25) is 0 Å². The third kappa shape index (κ3) is 4.02. The van der Waals surface area contributed by atoms with E-state index in [1.807, 2.05) is 4.90 Å². The number of urea groups is 1. The predicted molar refractivity (Wildman–Crippen MR) is 88.8 cm³/mol. The van der Waals surface area contributed by atoms with Crippen LogP contribution in [0.25, 0.3) is 0 Å². The maximum absolute atomic E-state index is 13.3. The van der Waals surface area contributed by atoms with Crippen LogP contribution in [0.1, 0.15) is 36.8 Å². The summed E-state index contributed by atoms with van der Waals surface area (Å²) in [5, 5.41) is 2.96. The van der Waals surface area contributed by atoms with Gasteiger partial charge in [-0.1, -0.05) is 18.6 Å². The summed E-state index contributed by atoms with van der Waals surface area (Å²) in [5.41, 5.74) is 1.55. The van der Waals surface area contributed by atoms with Crippen LogP contribution in [0.15, 0.2) is 18.2 Å². The molecule has 2 aliphatic rings. The number of nitrogens with one attached hydrogen (secondary N) is 1. The van der Waals surface area contributed by atoms with Gasteiger partial charge in [0.05, 0.1) is 0 Å². The number of aryl methyl sites for hydroxylation is 1. The molecule has 5 heteroatoms. The van der Waals surface area contributed by atoms with Crippen molar-refractivity contribution in [3.05, 3.63) is 35.1 Å². The molecule has 0 spiro atoms. The molecule has 0 saturated carbocycles. The van der Waals surface area contributed by atoms with Gasteiger partial charge < -0.3 is 10.2 Å². The summed E-state index contributed by atoms with van der Waals surface area (Å²) in [6, 6.07) is 5.49. The van der Waals surface area contributed by atoms with E-state index < -0.39 is 0 Å². The van der Waals surface area contributed by atoms with Gasteiger partial charge in [0.15, 0.2) is 0 Å². The van der Waals surface area contributed by atoms with E-state index in [2.05, 4.69) is 10.2 Å². The molecular formula is C18H26FN3O. The second-order valence-electron chi connectivity index (χ2n) is 6.73. The normalized spacial score (nSPS) is 22.3. The molecule has 23 heavy (non-hydrogen) atoms. The van der Waals surface area contributed by atoms with Crippen molar-refractivity contribution in [3.63, 3.8) is 0 Å². The average molecular weight is 319 g/mol. The van der Waals surface area contributed by atoms with Gasteiger partial charge in [-0.3, -0.25) is 4.90 Å². The van der Waals surface area contributed by atoms with E-state index in [4.69, 9.17) is 0 Å². The maximum Gasteiger partial charge on any atom is 0.317 e. The zero-order valence-corrected chi connectivity index (χ0v) is 13.9. The van der Waals surface area contributed by atoms with Crippen molar-refractivity contribution in [1.29, 1.82) is 0 Å². The maximum atomic E-state index is 13.3. The third-order valence-electron chi connectivity index (χ3n) is 5.02. The van der Waals surface area contributed by atoms with Crippen LogP contribution in [0.3, 0.4) is 0 Å². The van der Waals surface area contributed by atoms with Gasteiger partial charge in [-0.25, -0.2) is 9.18 Å². The smallest absolute Gasteiger partial charge is 0.317 e. The predicted octanol–water partition coefficient (Wildman–Crippen LogP) is 2.90. The van der Waals surface area contributed by atoms with Crippen LogP contribution in [0.5, 0.6) is 0 Å². The minimum atomic E-state index is -0.205. The van der Waals surface area contributed by atoms with Gasteiger partial charge in [-0.05, 0) is 56.5 Å². The number of halogens is 1. The van der Waals surface area contributed by atoms with Crippen molar-refractivity contribution < 1.29 is 9.18 Å². The SMILES string of the molecule is Cc1cc(CNC(=O)N2CC[C@@H](N3CCCCC3)C2)ccc1F. The Kier molecular flexibility index (Phi) is 5.16. The van der Waals surface area contributed by atoms with Crippen molar-refractivity contribution in [2.45, 2.75) is 45.2 Å². The highest BCUT2D eigenvalue weighted by Gasteiger charge is 2.30. The number of benzene rings is 1. The second-order valence-corrected chi connectivity index (χ2v) is 6.73. The number of likely N-dealkylation sites (tertiary alicyclic amines) is 2. The molecule has 126 valence electrons. The van der Waals surface area contributed by atoms with E-state index >= 15 is 0 Å². The van der Waals surface area contributed by atoms with Crippen molar-refractivity contribution >= 4 is 6.03 Å². The Morgan fingerprint density at radius 1 is 1.26 bits per heavy atom. The van der Waals surface area contributed by atoms with Crippen molar-refractivity contribution in [1.82, 2.24) is 15.1 Å². The van der Waals surface area contributed by atoms with E-state index in [0.717, 1.165) is 25.1 Å². The number of hydrogen-bond donors (Lipinski definition) is 1. The van der Waals surface area contributed by atoms with Gasteiger partial charge in [0.25, 0.3) is 0 Å². The van der Waals surface area contributed by atoms with Crippen LogP contribution in [0.4, 0.5) is 9.18 Å². The van der Waals surface area contributed by atoms with E-state index in [-0.39, 0.29) is 11.8 Å². The summed E-state index contributed by atoms with van der Waals surface area (Å²) in [6.07, 6.45) is 4.98. The summed E-state index contributed by atoms with van der Waals surface area (Å²) < 4.78 is 13.3. The molecule has 2 heterocycles. The number of amides is 2. The first-order valence-corrected chi connectivity index (χ1v) is 8.65. The first kappa shape index (κ1) is 16.2. The van der Waals surface area contributed by atoms with Gasteiger partial charge in [0.1, 0.15) is 5.82 Å². The molecule has 3 rings (SSSR count). The number of piperidine rings is 1. The molecule has 2 amide bonds. The largest absolute Gasteiger partial charge is 0.334 e. The van der Waals surface area contributed by atoms with Crippen LogP contribution in [-0.2, 0) is 6.54 Å².